The van der Waals surface area contributed by atoms with Crippen molar-refractivity contribution in [3.05, 3.63) is 42.2 Å². The van der Waals surface area contributed by atoms with Crippen LogP contribution in [-0.2, 0) is 0 Å². The number of rotatable bonds is 6. The summed E-state index contributed by atoms with van der Waals surface area (Å²) in [6, 6.07) is 9.30. The summed E-state index contributed by atoms with van der Waals surface area (Å²) in [5.74, 6) is 2.12. The Labute approximate surface area is 155 Å². The van der Waals surface area contributed by atoms with Gasteiger partial charge in [0, 0.05) is 32.4 Å². The summed E-state index contributed by atoms with van der Waals surface area (Å²) in [7, 11) is 1.64. The second-order valence-corrected chi connectivity index (χ2v) is 7.31. The molecule has 1 aliphatic rings. The maximum Gasteiger partial charge on any atom is 0.271 e. The molecule has 2 aromatic rings. The van der Waals surface area contributed by atoms with Gasteiger partial charge in [0.25, 0.3) is 5.91 Å². The van der Waals surface area contributed by atoms with Crippen molar-refractivity contribution in [1.29, 1.82) is 0 Å². The third-order valence-electron chi connectivity index (χ3n) is 4.82. The number of nitrogens with zero attached hydrogens (tertiary/aromatic N) is 3. The highest BCUT2D eigenvalue weighted by molar-refractivity contribution is 5.92. The molecule has 6 heteroatoms. The number of amides is 1. The van der Waals surface area contributed by atoms with Crippen LogP contribution < -0.4 is 10.1 Å². The van der Waals surface area contributed by atoms with E-state index in [4.69, 9.17) is 4.74 Å². The Balaban J connectivity index is 1.51. The zero-order chi connectivity index (χ0) is 18.5. The second kappa shape index (κ2) is 8.36. The number of nitrogens with one attached hydrogen (secondary N) is 1. The zero-order valence-electron chi connectivity index (χ0n) is 15.8. The van der Waals surface area contributed by atoms with Gasteiger partial charge >= 0.3 is 0 Å². The number of likely N-dealkylation sites (tertiary alicyclic amines) is 1. The lowest BCUT2D eigenvalue weighted by Crippen LogP contribution is -2.42. The minimum Gasteiger partial charge on any atom is -0.497 e. The fraction of sp³-hybridized carbons (Fsp3) is 0.500. The molecule has 0 saturated carbocycles. The van der Waals surface area contributed by atoms with Gasteiger partial charge < -0.3 is 15.0 Å². The van der Waals surface area contributed by atoms with E-state index in [1.54, 1.807) is 24.1 Å². The smallest absolute Gasteiger partial charge is 0.271 e. The molecule has 2 heterocycles. The van der Waals surface area contributed by atoms with Crippen LogP contribution in [0.5, 0.6) is 5.75 Å². The fourth-order valence-corrected chi connectivity index (χ4v) is 3.72. The van der Waals surface area contributed by atoms with E-state index in [2.05, 4.69) is 29.2 Å². The minimum atomic E-state index is -0.129. The van der Waals surface area contributed by atoms with Crippen LogP contribution in [0.3, 0.4) is 0 Å². The highest BCUT2D eigenvalue weighted by Gasteiger charge is 2.21. The van der Waals surface area contributed by atoms with Crippen molar-refractivity contribution in [2.75, 3.05) is 33.3 Å². The molecule has 1 aliphatic heterocycles. The molecule has 3 rings (SSSR count). The van der Waals surface area contributed by atoms with E-state index in [9.17, 15) is 4.79 Å². The second-order valence-electron chi connectivity index (χ2n) is 7.31. The molecule has 0 aliphatic carbocycles. The maximum atomic E-state index is 12.3. The van der Waals surface area contributed by atoms with Crippen LogP contribution in [0.25, 0.3) is 5.69 Å². The van der Waals surface area contributed by atoms with Gasteiger partial charge in [-0.15, -0.1) is 0 Å². The molecule has 0 bridgehead atoms. The molecule has 6 nitrogen and oxygen atoms in total. The maximum absolute atomic E-state index is 12.3. The van der Waals surface area contributed by atoms with E-state index >= 15 is 0 Å². The summed E-state index contributed by atoms with van der Waals surface area (Å²) in [5, 5.41) is 7.36. The van der Waals surface area contributed by atoms with Crippen LogP contribution in [0.1, 0.15) is 30.8 Å². The first-order valence-electron chi connectivity index (χ1n) is 9.26. The van der Waals surface area contributed by atoms with Gasteiger partial charge in [-0.25, -0.2) is 4.68 Å². The number of hydrogen-bond acceptors (Lipinski definition) is 4. The molecule has 2 atom stereocenters. The van der Waals surface area contributed by atoms with Crippen LogP contribution in [0.4, 0.5) is 0 Å². The first-order chi connectivity index (χ1) is 12.5. The standard InChI is InChI=1S/C20H28N4O2/c1-15-12-16(2)14-23(13-15)11-9-21-20(25)19-8-10-24(22-19)17-4-6-18(26-3)7-5-17/h4-8,10,15-16H,9,11-14H2,1-3H3,(H,21,25). The van der Waals surface area contributed by atoms with Crippen molar-refractivity contribution in [2.45, 2.75) is 20.3 Å². The largest absolute Gasteiger partial charge is 0.497 e. The Morgan fingerprint density at radius 3 is 2.54 bits per heavy atom. The van der Waals surface area contributed by atoms with E-state index in [0.29, 0.717) is 12.2 Å². The molecule has 1 N–H and O–H groups in total. The Morgan fingerprint density at radius 2 is 1.88 bits per heavy atom. The average Bonchev–Trinajstić information content (AvgIpc) is 3.11. The Morgan fingerprint density at radius 1 is 1.19 bits per heavy atom. The lowest BCUT2D eigenvalue weighted by molar-refractivity contribution is 0.0931. The molecule has 0 radical (unpaired) electrons. The SMILES string of the molecule is COc1ccc(-n2ccc(C(=O)NCCN3CC(C)CC(C)C3)n2)cc1. The summed E-state index contributed by atoms with van der Waals surface area (Å²) >= 11 is 0. The highest BCUT2D eigenvalue weighted by atomic mass is 16.5. The number of methoxy groups -OCH3 is 1. The number of carbonyl (C=O) groups is 1. The summed E-state index contributed by atoms with van der Waals surface area (Å²) < 4.78 is 6.85. The van der Waals surface area contributed by atoms with E-state index in [1.165, 1.54) is 6.42 Å². The Bertz CT molecular complexity index is 716. The summed E-state index contributed by atoms with van der Waals surface area (Å²) in [5.41, 5.74) is 1.32. The molecule has 140 valence electrons. The first kappa shape index (κ1) is 18.5. The van der Waals surface area contributed by atoms with Gasteiger partial charge in [0.05, 0.1) is 12.8 Å². The van der Waals surface area contributed by atoms with Gasteiger partial charge in [0.15, 0.2) is 5.69 Å². The lowest BCUT2D eigenvalue weighted by Gasteiger charge is -2.34. The molecular formula is C20H28N4O2. The number of ether oxygens (including phenoxy) is 1. The van der Waals surface area contributed by atoms with Crippen molar-refractivity contribution in [2.24, 2.45) is 11.8 Å². The average molecular weight is 356 g/mol. The van der Waals surface area contributed by atoms with Crippen LogP contribution in [-0.4, -0.2) is 53.9 Å². The Kier molecular flexibility index (Phi) is 5.93. The monoisotopic (exact) mass is 356 g/mol. The molecule has 1 aromatic carbocycles. The zero-order valence-corrected chi connectivity index (χ0v) is 15.8. The normalized spacial score (nSPS) is 20.7. The van der Waals surface area contributed by atoms with Crippen molar-refractivity contribution < 1.29 is 9.53 Å². The molecule has 0 spiro atoms. The van der Waals surface area contributed by atoms with E-state index in [-0.39, 0.29) is 5.91 Å². The third-order valence-corrected chi connectivity index (χ3v) is 4.82. The molecule has 2 unspecified atom stereocenters. The van der Waals surface area contributed by atoms with Gasteiger partial charge in [-0.2, -0.15) is 5.10 Å². The van der Waals surface area contributed by atoms with E-state index in [1.807, 2.05) is 24.3 Å². The molecule has 26 heavy (non-hydrogen) atoms. The minimum absolute atomic E-state index is 0.129. The van der Waals surface area contributed by atoms with Gasteiger partial charge in [-0.3, -0.25) is 4.79 Å². The molecule has 1 fully saturated rings. The van der Waals surface area contributed by atoms with Crippen molar-refractivity contribution in [1.82, 2.24) is 20.0 Å². The predicted octanol–water partition coefficient (Wildman–Crippen LogP) is 2.59. The molecule has 1 saturated heterocycles. The van der Waals surface area contributed by atoms with Gasteiger partial charge in [-0.1, -0.05) is 13.8 Å². The van der Waals surface area contributed by atoms with Crippen LogP contribution in [0, 0.1) is 11.8 Å². The van der Waals surface area contributed by atoms with E-state index < -0.39 is 0 Å². The van der Waals surface area contributed by atoms with Crippen molar-refractivity contribution in [3.8, 4) is 11.4 Å². The van der Waals surface area contributed by atoms with Crippen molar-refractivity contribution in [3.63, 3.8) is 0 Å². The van der Waals surface area contributed by atoms with Gasteiger partial charge in [-0.05, 0) is 48.6 Å². The number of benzene rings is 1. The lowest BCUT2D eigenvalue weighted by atomic mass is 9.92. The van der Waals surface area contributed by atoms with Crippen LogP contribution in [0.2, 0.25) is 0 Å². The van der Waals surface area contributed by atoms with Gasteiger partial charge in [0.1, 0.15) is 5.75 Å². The summed E-state index contributed by atoms with van der Waals surface area (Å²) in [6.07, 6.45) is 3.09. The van der Waals surface area contributed by atoms with Gasteiger partial charge in [0.2, 0.25) is 0 Å². The topological polar surface area (TPSA) is 59.4 Å². The quantitative estimate of drug-likeness (QED) is 0.864. The fourth-order valence-electron chi connectivity index (χ4n) is 3.72. The molecule has 1 aromatic heterocycles. The van der Waals surface area contributed by atoms with E-state index in [0.717, 1.165) is 42.9 Å². The van der Waals surface area contributed by atoms with Crippen molar-refractivity contribution >= 4 is 5.91 Å². The predicted molar refractivity (Wildman–Crippen MR) is 102 cm³/mol. The number of carbonyl (C=O) groups excluding carboxylic acids is 1. The number of hydrogen-bond donors (Lipinski definition) is 1. The summed E-state index contributed by atoms with van der Waals surface area (Å²) in [6.45, 7) is 8.37. The molecule has 1 amide bonds. The number of piperidine rings is 1. The van der Waals surface area contributed by atoms with Crippen LogP contribution >= 0.6 is 0 Å². The van der Waals surface area contributed by atoms with Crippen LogP contribution in [0.15, 0.2) is 36.5 Å². The number of aromatic nitrogens is 2. The first-order valence-corrected chi connectivity index (χ1v) is 9.26. The Hall–Kier alpha value is -2.34. The third kappa shape index (κ3) is 4.64. The molecular weight excluding hydrogens is 328 g/mol. The highest BCUT2D eigenvalue weighted by Crippen LogP contribution is 2.20. The summed E-state index contributed by atoms with van der Waals surface area (Å²) in [4.78, 5) is 14.8.